The molecule has 0 aliphatic carbocycles. The molecule has 43 heavy (non-hydrogen) atoms. The van der Waals surface area contributed by atoms with Gasteiger partial charge in [-0.1, -0.05) is 0 Å². The van der Waals surface area contributed by atoms with E-state index in [2.05, 4.69) is 10.3 Å². The van der Waals surface area contributed by atoms with Crippen molar-refractivity contribution in [2.45, 2.75) is 6.42 Å². The number of halogens is 2. The summed E-state index contributed by atoms with van der Waals surface area (Å²) in [4.78, 5) is 41.7. The first-order valence-electron chi connectivity index (χ1n) is 12.8. The van der Waals surface area contributed by atoms with E-state index >= 15 is 4.39 Å². The summed E-state index contributed by atoms with van der Waals surface area (Å²) >= 11 is 0. The van der Waals surface area contributed by atoms with Gasteiger partial charge in [-0.3, -0.25) is 29.3 Å². The van der Waals surface area contributed by atoms with Crippen molar-refractivity contribution in [3.05, 3.63) is 116 Å². The Morgan fingerprint density at radius 1 is 1.07 bits per heavy atom. The van der Waals surface area contributed by atoms with Crippen LogP contribution < -0.4 is 25.1 Å². The number of nitrogens with one attached hydrogen (secondary N) is 1. The maximum atomic E-state index is 15.2. The first-order valence-corrected chi connectivity index (χ1v) is 12.8. The minimum absolute atomic E-state index is 0.00677. The second-order valence-electron chi connectivity index (χ2n) is 9.42. The number of hydrogen-bond acceptors (Lipinski definition) is 8. The van der Waals surface area contributed by atoms with Crippen LogP contribution in [-0.2, 0) is 6.42 Å². The highest BCUT2D eigenvalue weighted by Crippen LogP contribution is 2.37. The van der Waals surface area contributed by atoms with Crippen LogP contribution in [0.2, 0.25) is 0 Å². The molecule has 0 saturated carbocycles. The van der Waals surface area contributed by atoms with E-state index in [0.29, 0.717) is 23.2 Å². The fraction of sp³-hybridized carbons (Fsp3) is 0.100. The van der Waals surface area contributed by atoms with Gasteiger partial charge in [0.25, 0.3) is 11.5 Å². The van der Waals surface area contributed by atoms with E-state index in [4.69, 9.17) is 14.2 Å². The van der Waals surface area contributed by atoms with Crippen LogP contribution in [0, 0.1) is 21.7 Å². The van der Waals surface area contributed by atoms with E-state index in [0.717, 1.165) is 6.07 Å². The molecule has 5 aromatic rings. The second kappa shape index (κ2) is 10.9. The van der Waals surface area contributed by atoms with Gasteiger partial charge in [-0.15, -0.1) is 0 Å². The Bertz CT molecular complexity index is 1990. The monoisotopic (exact) mass is 586 g/mol. The van der Waals surface area contributed by atoms with Gasteiger partial charge in [-0.25, -0.2) is 8.78 Å². The first kappa shape index (κ1) is 27.3. The number of aromatic nitrogens is 2. The third kappa shape index (κ3) is 5.07. The number of pyridine rings is 2. The largest absolute Gasteiger partial charge is 0.492 e. The van der Waals surface area contributed by atoms with Crippen molar-refractivity contribution in [1.82, 2.24) is 9.55 Å². The van der Waals surface area contributed by atoms with Gasteiger partial charge in [0.15, 0.2) is 17.3 Å². The van der Waals surface area contributed by atoms with Crippen LogP contribution in [0.25, 0.3) is 16.6 Å². The fourth-order valence-electron chi connectivity index (χ4n) is 4.76. The Morgan fingerprint density at radius 2 is 1.86 bits per heavy atom. The minimum Gasteiger partial charge on any atom is -0.492 e. The number of benzene rings is 3. The summed E-state index contributed by atoms with van der Waals surface area (Å²) in [5, 5.41) is 14.3. The Kier molecular flexibility index (Phi) is 6.90. The summed E-state index contributed by atoms with van der Waals surface area (Å²) in [7, 11) is 1.30. The number of fused-ring (bicyclic) bond motifs is 2. The van der Waals surface area contributed by atoms with Crippen molar-refractivity contribution >= 4 is 28.2 Å². The van der Waals surface area contributed by atoms with Crippen molar-refractivity contribution in [2.24, 2.45) is 0 Å². The third-order valence-corrected chi connectivity index (χ3v) is 6.79. The van der Waals surface area contributed by atoms with Crippen LogP contribution in [0.4, 0.5) is 20.2 Å². The third-order valence-electron chi connectivity index (χ3n) is 6.79. The Balaban J connectivity index is 1.29. The van der Waals surface area contributed by atoms with Crippen molar-refractivity contribution in [1.29, 1.82) is 0 Å². The molecule has 0 atom stereocenters. The quantitative estimate of drug-likeness (QED) is 0.194. The van der Waals surface area contributed by atoms with Gasteiger partial charge >= 0.3 is 5.69 Å². The predicted octanol–water partition coefficient (Wildman–Crippen LogP) is 5.56. The zero-order valence-electron chi connectivity index (χ0n) is 22.3. The van der Waals surface area contributed by atoms with Gasteiger partial charge < -0.3 is 19.5 Å². The number of nitro groups is 1. The molecule has 0 saturated heterocycles. The molecule has 1 N–H and O–H groups in total. The standard InChI is InChI=1S/C30H20F2N4O7/c1-41-26-14-22-20(13-23(26)36(39)40)24(8-10-33-22)43-25-7-4-18(12-21(25)32)34-29(37)27-28-16(9-11-42-28)15-35(30(27)38)19-5-2-17(31)3-6-19/h2-8,10,12-15H,9,11H2,1H3,(H,34,37). The van der Waals surface area contributed by atoms with E-state index < -0.39 is 28.0 Å². The van der Waals surface area contributed by atoms with Crippen molar-refractivity contribution < 1.29 is 32.7 Å². The molecular weight excluding hydrogens is 566 g/mol. The zero-order valence-corrected chi connectivity index (χ0v) is 22.3. The molecular formula is C30H20F2N4O7. The zero-order chi connectivity index (χ0) is 30.2. The van der Waals surface area contributed by atoms with Gasteiger partial charge in [0.1, 0.15) is 22.9 Å². The molecule has 0 fully saturated rings. The molecule has 3 aromatic carbocycles. The number of hydrogen-bond donors (Lipinski definition) is 1. The number of anilines is 1. The van der Waals surface area contributed by atoms with Gasteiger partial charge in [-0.05, 0) is 42.5 Å². The van der Waals surface area contributed by atoms with Crippen molar-refractivity contribution in [3.63, 3.8) is 0 Å². The van der Waals surface area contributed by atoms with E-state index in [-0.39, 0.29) is 51.9 Å². The summed E-state index contributed by atoms with van der Waals surface area (Å²) in [5.41, 5.74) is 0.0369. The molecule has 0 unspecified atom stereocenters. The van der Waals surface area contributed by atoms with Gasteiger partial charge in [0, 0.05) is 54.0 Å². The Labute approximate surface area is 241 Å². The first-order chi connectivity index (χ1) is 20.7. The molecule has 216 valence electrons. The molecule has 6 rings (SSSR count). The number of nitrogens with zero attached hydrogens (tertiary/aromatic N) is 3. The van der Waals surface area contributed by atoms with Crippen molar-refractivity contribution in [3.8, 4) is 28.7 Å². The van der Waals surface area contributed by atoms with Crippen LogP contribution in [0.3, 0.4) is 0 Å². The van der Waals surface area contributed by atoms with Crippen LogP contribution >= 0.6 is 0 Å². The number of carbonyl (C=O) groups excluding carboxylic acids is 1. The van der Waals surface area contributed by atoms with Crippen LogP contribution in [-0.4, -0.2) is 34.1 Å². The molecule has 0 radical (unpaired) electrons. The summed E-state index contributed by atoms with van der Waals surface area (Å²) in [6.45, 7) is 0.267. The lowest BCUT2D eigenvalue weighted by Gasteiger charge is -2.14. The van der Waals surface area contributed by atoms with E-state index in [1.54, 1.807) is 6.20 Å². The summed E-state index contributed by atoms with van der Waals surface area (Å²) in [5.74, 6) is -2.15. The average Bonchev–Trinajstić information content (AvgIpc) is 3.46. The molecule has 0 spiro atoms. The molecule has 1 aliphatic rings. The number of nitro benzene ring substituents is 1. The van der Waals surface area contributed by atoms with Gasteiger partial charge in [0.05, 0.1) is 29.5 Å². The molecule has 2 aromatic heterocycles. The van der Waals surface area contributed by atoms with Crippen molar-refractivity contribution in [2.75, 3.05) is 19.0 Å². The van der Waals surface area contributed by atoms with E-state index in [1.165, 1.54) is 72.5 Å². The maximum absolute atomic E-state index is 15.2. The fourth-order valence-corrected chi connectivity index (χ4v) is 4.76. The van der Waals surface area contributed by atoms with Gasteiger partial charge in [0.2, 0.25) is 0 Å². The molecule has 1 aliphatic heterocycles. The molecule has 11 nitrogen and oxygen atoms in total. The minimum atomic E-state index is -0.857. The SMILES string of the molecule is COc1cc2nccc(Oc3ccc(NC(=O)c4c5c(cn(-c6ccc(F)cc6)c4=O)CCO5)cc3F)c2cc1[N+](=O)[O-]. The number of rotatable bonds is 7. The predicted molar refractivity (Wildman–Crippen MR) is 151 cm³/mol. The number of amides is 1. The highest BCUT2D eigenvalue weighted by Gasteiger charge is 2.27. The molecule has 0 bridgehead atoms. The highest BCUT2D eigenvalue weighted by atomic mass is 19.1. The lowest BCUT2D eigenvalue weighted by molar-refractivity contribution is -0.385. The highest BCUT2D eigenvalue weighted by molar-refractivity contribution is 6.06. The maximum Gasteiger partial charge on any atom is 0.311 e. The van der Waals surface area contributed by atoms with E-state index in [9.17, 15) is 24.1 Å². The number of methoxy groups -OCH3 is 1. The van der Waals surface area contributed by atoms with Crippen LogP contribution in [0.15, 0.2) is 77.9 Å². The normalized spacial score (nSPS) is 12.0. The smallest absolute Gasteiger partial charge is 0.311 e. The number of ether oxygens (including phenoxy) is 3. The number of carbonyl (C=O) groups is 1. The topological polar surface area (TPSA) is 135 Å². The van der Waals surface area contributed by atoms with Crippen LogP contribution in [0.1, 0.15) is 15.9 Å². The van der Waals surface area contributed by atoms with Gasteiger partial charge in [-0.2, -0.15) is 0 Å². The second-order valence-corrected chi connectivity index (χ2v) is 9.42. The summed E-state index contributed by atoms with van der Waals surface area (Å²) in [6, 6.07) is 12.9. The molecule has 3 heterocycles. The summed E-state index contributed by atoms with van der Waals surface area (Å²) < 4.78 is 46.3. The molecule has 13 heteroatoms. The Hall–Kier alpha value is -5.85. The van der Waals surface area contributed by atoms with Crippen LogP contribution in [0.5, 0.6) is 23.0 Å². The molecule has 1 amide bonds. The lowest BCUT2D eigenvalue weighted by Crippen LogP contribution is -2.29. The van der Waals surface area contributed by atoms with E-state index in [1.807, 2.05) is 0 Å². The average molecular weight is 587 g/mol. The Morgan fingerprint density at radius 3 is 2.58 bits per heavy atom. The lowest BCUT2D eigenvalue weighted by atomic mass is 10.1. The summed E-state index contributed by atoms with van der Waals surface area (Å²) in [6.07, 6.45) is 3.40.